The Morgan fingerprint density at radius 3 is 2.71 bits per heavy atom. The quantitative estimate of drug-likeness (QED) is 0.929. The number of halogens is 1. The lowest BCUT2D eigenvalue weighted by molar-refractivity contribution is 0.403. The van der Waals surface area contributed by atoms with Crippen molar-refractivity contribution >= 4 is 17.3 Å². The molecule has 3 rings (SSSR count). The van der Waals surface area contributed by atoms with Gasteiger partial charge in [0.05, 0.1) is 0 Å². The van der Waals surface area contributed by atoms with E-state index in [-0.39, 0.29) is 0 Å². The summed E-state index contributed by atoms with van der Waals surface area (Å²) in [6.45, 7) is 4.27. The minimum Gasteiger partial charge on any atom is -0.366 e. The van der Waals surface area contributed by atoms with Gasteiger partial charge in [0, 0.05) is 35.9 Å². The van der Waals surface area contributed by atoms with Crippen molar-refractivity contribution in [3.63, 3.8) is 0 Å². The topological polar surface area (TPSA) is 15.3 Å². The SMILES string of the molecule is CC1CNC(Cc2ccccc2)CN1c1cccc(Cl)c1. The third kappa shape index (κ3) is 3.58. The van der Waals surface area contributed by atoms with Crippen LogP contribution in [0.3, 0.4) is 0 Å². The highest BCUT2D eigenvalue weighted by Gasteiger charge is 2.25. The molecule has 0 aliphatic carbocycles. The second kappa shape index (κ2) is 6.50. The van der Waals surface area contributed by atoms with Crippen LogP contribution in [0.15, 0.2) is 54.6 Å². The fourth-order valence-electron chi connectivity index (χ4n) is 2.98. The fraction of sp³-hybridized carbons (Fsp3) is 0.333. The van der Waals surface area contributed by atoms with Crippen molar-refractivity contribution in [2.75, 3.05) is 18.0 Å². The second-order valence-electron chi connectivity index (χ2n) is 5.78. The standard InChI is InChI=1S/C18H21ClN2/c1-14-12-20-17(10-15-6-3-2-4-7-15)13-21(14)18-9-5-8-16(19)11-18/h2-9,11,14,17,20H,10,12-13H2,1H3. The van der Waals surface area contributed by atoms with Crippen LogP contribution in [0.5, 0.6) is 0 Å². The average Bonchev–Trinajstić information content (AvgIpc) is 2.50. The molecule has 1 heterocycles. The van der Waals surface area contributed by atoms with E-state index in [0.717, 1.165) is 24.5 Å². The molecule has 0 spiro atoms. The number of benzene rings is 2. The van der Waals surface area contributed by atoms with Crippen LogP contribution < -0.4 is 10.2 Å². The van der Waals surface area contributed by atoms with E-state index in [4.69, 9.17) is 11.6 Å². The summed E-state index contributed by atoms with van der Waals surface area (Å²) in [5.41, 5.74) is 2.60. The van der Waals surface area contributed by atoms with Crippen LogP contribution in [0.25, 0.3) is 0 Å². The molecule has 1 aliphatic heterocycles. The van der Waals surface area contributed by atoms with Gasteiger partial charge in [0.1, 0.15) is 0 Å². The number of hydrogen-bond acceptors (Lipinski definition) is 2. The van der Waals surface area contributed by atoms with Gasteiger partial charge in [-0.2, -0.15) is 0 Å². The molecular formula is C18H21ClN2. The van der Waals surface area contributed by atoms with Gasteiger partial charge >= 0.3 is 0 Å². The van der Waals surface area contributed by atoms with Gasteiger partial charge in [-0.15, -0.1) is 0 Å². The summed E-state index contributed by atoms with van der Waals surface area (Å²) in [6.07, 6.45) is 1.06. The molecule has 2 atom stereocenters. The van der Waals surface area contributed by atoms with E-state index in [0.29, 0.717) is 12.1 Å². The lowest BCUT2D eigenvalue weighted by Gasteiger charge is -2.40. The van der Waals surface area contributed by atoms with Crippen molar-refractivity contribution < 1.29 is 0 Å². The van der Waals surface area contributed by atoms with E-state index in [2.05, 4.69) is 59.6 Å². The molecule has 1 aliphatic rings. The molecule has 2 aromatic carbocycles. The first-order valence-electron chi connectivity index (χ1n) is 7.52. The van der Waals surface area contributed by atoms with Gasteiger partial charge in [0.15, 0.2) is 0 Å². The molecule has 0 saturated carbocycles. The van der Waals surface area contributed by atoms with Crippen molar-refractivity contribution in [2.24, 2.45) is 0 Å². The van der Waals surface area contributed by atoms with Crippen LogP contribution in [-0.2, 0) is 6.42 Å². The first-order chi connectivity index (χ1) is 10.2. The van der Waals surface area contributed by atoms with Crippen molar-refractivity contribution in [2.45, 2.75) is 25.4 Å². The lowest BCUT2D eigenvalue weighted by atomic mass is 10.0. The maximum Gasteiger partial charge on any atom is 0.0426 e. The first kappa shape index (κ1) is 14.4. The molecule has 2 nitrogen and oxygen atoms in total. The van der Waals surface area contributed by atoms with Gasteiger partial charge in [0.2, 0.25) is 0 Å². The molecule has 3 heteroatoms. The van der Waals surface area contributed by atoms with Crippen LogP contribution in [0.4, 0.5) is 5.69 Å². The number of nitrogens with one attached hydrogen (secondary N) is 1. The van der Waals surface area contributed by atoms with Gasteiger partial charge in [-0.25, -0.2) is 0 Å². The third-order valence-corrected chi connectivity index (χ3v) is 4.35. The summed E-state index contributed by atoms with van der Waals surface area (Å²) in [5, 5.41) is 4.46. The minimum absolute atomic E-state index is 0.475. The highest BCUT2D eigenvalue weighted by molar-refractivity contribution is 6.30. The lowest BCUT2D eigenvalue weighted by Crippen LogP contribution is -2.56. The number of nitrogens with zero attached hydrogens (tertiary/aromatic N) is 1. The normalized spacial score (nSPS) is 22.3. The maximum absolute atomic E-state index is 6.14. The first-order valence-corrected chi connectivity index (χ1v) is 7.89. The summed E-state index contributed by atoms with van der Waals surface area (Å²) in [6, 6.07) is 19.8. The van der Waals surface area contributed by atoms with Crippen molar-refractivity contribution in [3.05, 3.63) is 65.2 Å². The van der Waals surface area contributed by atoms with E-state index in [1.54, 1.807) is 0 Å². The van der Waals surface area contributed by atoms with Gasteiger partial charge < -0.3 is 10.2 Å². The Kier molecular flexibility index (Phi) is 4.47. The number of piperazine rings is 1. The second-order valence-corrected chi connectivity index (χ2v) is 6.21. The zero-order chi connectivity index (χ0) is 14.7. The molecule has 0 radical (unpaired) electrons. The minimum atomic E-state index is 0.475. The highest BCUT2D eigenvalue weighted by atomic mass is 35.5. The van der Waals surface area contributed by atoms with Crippen LogP contribution in [0, 0.1) is 0 Å². The monoisotopic (exact) mass is 300 g/mol. The Hall–Kier alpha value is -1.51. The molecule has 1 fully saturated rings. The van der Waals surface area contributed by atoms with Crippen molar-refractivity contribution in [1.82, 2.24) is 5.32 Å². The molecule has 21 heavy (non-hydrogen) atoms. The predicted octanol–water partition coefficient (Wildman–Crippen LogP) is 3.75. The van der Waals surface area contributed by atoms with Crippen LogP contribution >= 0.6 is 11.6 Å². The smallest absolute Gasteiger partial charge is 0.0426 e. The molecule has 2 unspecified atom stereocenters. The molecule has 1 saturated heterocycles. The maximum atomic E-state index is 6.14. The summed E-state index contributed by atoms with van der Waals surface area (Å²) >= 11 is 6.14. The Bertz CT molecular complexity index is 585. The Morgan fingerprint density at radius 1 is 1.14 bits per heavy atom. The number of anilines is 1. The van der Waals surface area contributed by atoms with E-state index < -0.39 is 0 Å². The van der Waals surface area contributed by atoms with Crippen molar-refractivity contribution in [1.29, 1.82) is 0 Å². The molecular weight excluding hydrogens is 280 g/mol. The summed E-state index contributed by atoms with van der Waals surface area (Å²) in [7, 11) is 0. The van der Waals surface area contributed by atoms with Gasteiger partial charge in [-0.3, -0.25) is 0 Å². The number of rotatable bonds is 3. The van der Waals surface area contributed by atoms with Gasteiger partial charge in [0.25, 0.3) is 0 Å². The molecule has 0 bridgehead atoms. The highest BCUT2D eigenvalue weighted by Crippen LogP contribution is 2.23. The molecule has 0 aromatic heterocycles. The molecule has 2 aromatic rings. The molecule has 110 valence electrons. The summed E-state index contributed by atoms with van der Waals surface area (Å²) in [5.74, 6) is 0. The average molecular weight is 301 g/mol. The fourth-order valence-corrected chi connectivity index (χ4v) is 3.16. The largest absolute Gasteiger partial charge is 0.366 e. The van der Waals surface area contributed by atoms with E-state index in [1.807, 2.05) is 12.1 Å². The summed E-state index contributed by atoms with van der Waals surface area (Å²) < 4.78 is 0. The van der Waals surface area contributed by atoms with Crippen LogP contribution in [-0.4, -0.2) is 25.2 Å². The molecule has 1 N–H and O–H groups in total. The van der Waals surface area contributed by atoms with Crippen LogP contribution in [0.2, 0.25) is 5.02 Å². The molecule has 0 amide bonds. The van der Waals surface area contributed by atoms with Crippen molar-refractivity contribution in [3.8, 4) is 0 Å². The third-order valence-electron chi connectivity index (χ3n) is 4.12. The van der Waals surface area contributed by atoms with E-state index in [1.165, 1.54) is 11.3 Å². The van der Waals surface area contributed by atoms with Gasteiger partial charge in [-0.05, 0) is 37.1 Å². The van der Waals surface area contributed by atoms with Gasteiger partial charge in [-0.1, -0.05) is 48.0 Å². The predicted molar refractivity (Wildman–Crippen MR) is 90.2 cm³/mol. The Morgan fingerprint density at radius 2 is 1.95 bits per heavy atom. The van der Waals surface area contributed by atoms with E-state index >= 15 is 0 Å². The Labute approximate surface area is 131 Å². The Balaban J connectivity index is 1.73. The van der Waals surface area contributed by atoms with E-state index in [9.17, 15) is 0 Å². The van der Waals surface area contributed by atoms with Crippen LogP contribution in [0.1, 0.15) is 12.5 Å². The zero-order valence-corrected chi connectivity index (χ0v) is 13.1. The summed E-state index contributed by atoms with van der Waals surface area (Å²) in [4.78, 5) is 2.45. The zero-order valence-electron chi connectivity index (χ0n) is 12.3. The number of hydrogen-bond donors (Lipinski definition) is 1.